The summed E-state index contributed by atoms with van der Waals surface area (Å²) in [5.41, 5.74) is 3.73. The molecular weight excluding hydrogens is 600 g/mol. The van der Waals surface area contributed by atoms with Crippen LogP contribution >= 0.6 is 11.3 Å². The van der Waals surface area contributed by atoms with Crippen molar-refractivity contribution in [2.75, 3.05) is 0 Å². The van der Waals surface area contributed by atoms with Crippen LogP contribution in [0.1, 0.15) is 40.8 Å². The highest BCUT2D eigenvalue weighted by atomic mass is 32.2. The van der Waals surface area contributed by atoms with Crippen LogP contribution in [-0.2, 0) is 10.0 Å². The second-order valence-electron chi connectivity index (χ2n) is 10.6. The molecule has 0 fully saturated rings. The van der Waals surface area contributed by atoms with Crippen molar-refractivity contribution in [3.05, 3.63) is 106 Å². The van der Waals surface area contributed by atoms with Crippen LogP contribution < -0.4 is 0 Å². The topological polar surface area (TPSA) is 118 Å². The van der Waals surface area contributed by atoms with E-state index in [0.29, 0.717) is 38.2 Å². The highest BCUT2D eigenvalue weighted by Crippen LogP contribution is 2.46. The standard InChI is InChI=1S/C33H25FN4O4S2/c1-19(2)37-29(17-27(36-37)33(39)40)21-5-4-6-22(15-21)32-31(25-13-14-43-30(25)18-35)26-16-23(34)9-12-28(26)38(32)44(41,42)24-10-7-20(3)8-11-24/h4-17,19H,1-3H3,(H,39,40). The highest BCUT2D eigenvalue weighted by Gasteiger charge is 2.30. The number of benzene rings is 3. The quantitative estimate of drug-likeness (QED) is 0.194. The predicted molar refractivity (Wildman–Crippen MR) is 168 cm³/mol. The number of nitriles is 1. The van der Waals surface area contributed by atoms with Gasteiger partial charge in [0.1, 0.15) is 16.8 Å². The summed E-state index contributed by atoms with van der Waals surface area (Å²) in [6.07, 6.45) is 0. The molecule has 8 nitrogen and oxygen atoms in total. The summed E-state index contributed by atoms with van der Waals surface area (Å²) in [6.45, 7) is 5.62. The number of fused-ring (bicyclic) bond motifs is 1. The van der Waals surface area contributed by atoms with Gasteiger partial charge in [0.25, 0.3) is 10.0 Å². The number of thiophene rings is 1. The minimum Gasteiger partial charge on any atom is -0.476 e. The molecule has 0 unspecified atom stereocenters. The lowest BCUT2D eigenvalue weighted by Gasteiger charge is -2.16. The van der Waals surface area contributed by atoms with Gasteiger partial charge in [-0.1, -0.05) is 35.9 Å². The second-order valence-corrected chi connectivity index (χ2v) is 13.3. The second kappa shape index (κ2) is 10.9. The van der Waals surface area contributed by atoms with E-state index in [1.54, 1.807) is 52.5 Å². The third kappa shape index (κ3) is 4.78. The van der Waals surface area contributed by atoms with E-state index in [4.69, 9.17) is 0 Å². The third-order valence-corrected chi connectivity index (χ3v) is 9.90. The van der Waals surface area contributed by atoms with Crippen molar-refractivity contribution in [1.82, 2.24) is 13.8 Å². The minimum absolute atomic E-state index is 0.0445. The molecule has 0 saturated heterocycles. The SMILES string of the molecule is Cc1ccc(S(=O)(=O)n2c(-c3cccc(-c4cc(C(=O)O)nn4C(C)C)c3)c(-c3ccsc3C#N)c3cc(F)ccc32)cc1. The molecule has 3 aromatic carbocycles. The molecule has 3 aromatic heterocycles. The van der Waals surface area contributed by atoms with Crippen LogP contribution in [0.5, 0.6) is 0 Å². The normalized spacial score (nSPS) is 11.7. The van der Waals surface area contributed by atoms with E-state index in [0.717, 1.165) is 5.56 Å². The zero-order valence-corrected chi connectivity index (χ0v) is 25.4. The number of halogens is 1. The Labute approximate surface area is 256 Å². The van der Waals surface area contributed by atoms with Crippen LogP contribution in [0.3, 0.4) is 0 Å². The van der Waals surface area contributed by atoms with E-state index in [2.05, 4.69) is 11.2 Å². The van der Waals surface area contributed by atoms with Gasteiger partial charge in [0.2, 0.25) is 0 Å². The van der Waals surface area contributed by atoms with Crippen LogP contribution in [0, 0.1) is 24.1 Å². The van der Waals surface area contributed by atoms with Gasteiger partial charge in [-0.15, -0.1) is 11.3 Å². The van der Waals surface area contributed by atoms with E-state index in [9.17, 15) is 28.0 Å². The molecule has 11 heteroatoms. The van der Waals surface area contributed by atoms with Crippen molar-refractivity contribution in [2.45, 2.75) is 31.7 Å². The Morgan fingerprint density at radius 2 is 1.75 bits per heavy atom. The first kappa shape index (κ1) is 29.0. The Morgan fingerprint density at radius 3 is 2.43 bits per heavy atom. The van der Waals surface area contributed by atoms with E-state index in [1.807, 2.05) is 20.8 Å². The van der Waals surface area contributed by atoms with E-state index >= 15 is 0 Å². The summed E-state index contributed by atoms with van der Waals surface area (Å²) in [6, 6.07) is 22.6. The van der Waals surface area contributed by atoms with Gasteiger partial charge in [0, 0.05) is 33.7 Å². The van der Waals surface area contributed by atoms with Crippen molar-refractivity contribution in [2.24, 2.45) is 0 Å². The molecule has 0 aliphatic heterocycles. The van der Waals surface area contributed by atoms with Gasteiger partial charge < -0.3 is 5.11 Å². The van der Waals surface area contributed by atoms with Crippen molar-refractivity contribution in [3.63, 3.8) is 0 Å². The van der Waals surface area contributed by atoms with Gasteiger partial charge in [-0.2, -0.15) is 10.4 Å². The molecule has 1 N–H and O–H groups in total. The molecule has 6 rings (SSSR count). The molecular formula is C33H25FN4O4S2. The van der Waals surface area contributed by atoms with Crippen molar-refractivity contribution in [1.29, 1.82) is 5.26 Å². The summed E-state index contributed by atoms with van der Waals surface area (Å²) >= 11 is 1.21. The average molecular weight is 625 g/mol. The molecule has 0 aliphatic rings. The summed E-state index contributed by atoms with van der Waals surface area (Å²) in [7, 11) is -4.25. The number of carbonyl (C=O) groups is 1. The average Bonchev–Trinajstić information content (AvgIpc) is 3.73. The number of hydrogen-bond acceptors (Lipinski definition) is 6. The van der Waals surface area contributed by atoms with E-state index in [1.165, 1.54) is 51.7 Å². The molecule has 0 radical (unpaired) electrons. The van der Waals surface area contributed by atoms with Crippen molar-refractivity contribution >= 4 is 38.2 Å². The maximum atomic E-state index is 14.8. The Kier molecular flexibility index (Phi) is 7.19. The Hall–Kier alpha value is -5.05. The smallest absolute Gasteiger partial charge is 0.356 e. The summed E-state index contributed by atoms with van der Waals surface area (Å²) in [5, 5.41) is 25.9. The Morgan fingerprint density at radius 1 is 1.02 bits per heavy atom. The highest BCUT2D eigenvalue weighted by molar-refractivity contribution is 7.90. The molecule has 0 atom stereocenters. The number of aromatic carboxylic acids is 1. The van der Waals surface area contributed by atoms with Crippen LogP contribution in [0.15, 0.2) is 89.1 Å². The van der Waals surface area contributed by atoms with Gasteiger partial charge in [-0.25, -0.2) is 21.6 Å². The minimum atomic E-state index is -4.25. The summed E-state index contributed by atoms with van der Waals surface area (Å²) < 4.78 is 46.6. The van der Waals surface area contributed by atoms with Gasteiger partial charge in [0.15, 0.2) is 5.69 Å². The van der Waals surface area contributed by atoms with Gasteiger partial charge >= 0.3 is 5.97 Å². The molecule has 0 aliphatic carbocycles. The molecule has 3 heterocycles. The predicted octanol–water partition coefficient (Wildman–Crippen LogP) is 7.74. The molecule has 0 bridgehead atoms. The molecule has 220 valence electrons. The lowest BCUT2D eigenvalue weighted by Crippen LogP contribution is -2.14. The Balaban J connectivity index is 1.74. The van der Waals surface area contributed by atoms with Crippen molar-refractivity contribution < 1.29 is 22.7 Å². The number of aryl methyl sites for hydroxylation is 1. The molecule has 0 spiro atoms. The third-order valence-electron chi connectivity index (χ3n) is 7.36. The lowest BCUT2D eigenvalue weighted by molar-refractivity contribution is 0.0689. The van der Waals surface area contributed by atoms with Crippen LogP contribution in [0.2, 0.25) is 0 Å². The number of aromatic nitrogens is 3. The number of hydrogen-bond donors (Lipinski definition) is 1. The molecule has 6 aromatic rings. The first-order valence-electron chi connectivity index (χ1n) is 13.6. The fourth-order valence-corrected chi connectivity index (χ4v) is 7.60. The molecule has 0 amide bonds. The number of carboxylic acids is 1. The van der Waals surface area contributed by atoms with Crippen molar-refractivity contribution in [3.8, 4) is 39.7 Å². The van der Waals surface area contributed by atoms with Gasteiger partial charge in [-0.05, 0) is 74.7 Å². The summed E-state index contributed by atoms with van der Waals surface area (Å²) in [4.78, 5) is 12.2. The summed E-state index contributed by atoms with van der Waals surface area (Å²) in [5.74, 6) is -1.73. The first-order valence-corrected chi connectivity index (χ1v) is 15.9. The van der Waals surface area contributed by atoms with Crippen LogP contribution in [-0.4, -0.2) is 33.2 Å². The largest absolute Gasteiger partial charge is 0.476 e. The zero-order valence-electron chi connectivity index (χ0n) is 23.8. The molecule has 44 heavy (non-hydrogen) atoms. The lowest BCUT2D eigenvalue weighted by atomic mass is 9.97. The van der Waals surface area contributed by atoms with Crippen LogP contribution in [0.25, 0.3) is 44.5 Å². The van der Waals surface area contributed by atoms with E-state index < -0.39 is 21.8 Å². The Bertz CT molecular complexity index is 2240. The van der Waals surface area contributed by atoms with E-state index in [-0.39, 0.29) is 27.8 Å². The monoisotopic (exact) mass is 624 g/mol. The number of rotatable bonds is 7. The fourth-order valence-electron chi connectivity index (χ4n) is 5.36. The number of carboxylic acid groups (broad SMARTS) is 1. The van der Waals surface area contributed by atoms with Gasteiger partial charge in [0.05, 0.1) is 21.8 Å². The maximum Gasteiger partial charge on any atom is 0.356 e. The number of nitrogens with zero attached hydrogens (tertiary/aromatic N) is 4. The van der Waals surface area contributed by atoms with Crippen LogP contribution in [0.4, 0.5) is 4.39 Å². The fraction of sp³-hybridized carbons (Fsp3) is 0.121. The molecule has 0 saturated carbocycles. The first-order chi connectivity index (χ1) is 21.0. The van der Waals surface area contributed by atoms with Gasteiger partial charge in [-0.3, -0.25) is 4.68 Å². The maximum absolute atomic E-state index is 14.8. The zero-order chi connectivity index (χ0) is 31.3.